The molecule has 1 heterocycles. The molecule has 50 heavy (non-hydrogen) atoms. The van der Waals surface area contributed by atoms with Crippen LogP contribution in [0.4, 0.5) is 15.3 Å². The number of hydrogen-bond donors (Lipinski definition) is 3. The molecule has 1 fully saturated rings. The Balaban J connectivity index is 1.13. The van der Waals surface area contributed by atoms with E-state index in [-0.39, 0.29) is 5.91 Å². The van der Waals surface area contributed by atoms with E-state index in [4.69, 9.17) is 4.74 Å². The Morgan fingerprint density at radius 2 is 1.46 bits per heavy atom. The van der Waals surface area contributed by atoms with Gasteiger partial charge < -0.3 is 20.3 Å². The van der Waals surface area contributed by atoms with Gasteiger partial charge in [0.1, 0.15) is 6.04 Å². The van der Waals surface area contributed by atoms with Crippen molar-refractivity contribution in [2.45, 2.75) is 76.8 Å². The number of anilines is 1. The number of likely N-dealkylation sites (N-methyl/N-ethyl adjacent to an activating group) is 1. The molecule has 9 heteroatoms. The number of nitrogens with one attached hydrogen (secondary N) is 1. The van der Waals surface area contributed by atoms with Crippen molar-refractivity contribution in [3.63, 3.8) is 0 Å². The number of fused-ring (bicyclic) bond motifs is 3. The summed E-state index contributed by atoms with van der Waals surface area (Å²) in [7, 11) is 1.55. The van der Waals surface area contributed by atoms with E-state index in [1.54, 1.807) is 26.1 Å². The number of benzene rings is 4. The van der Waals surface area contributed by atoms with Crippen molar-refractivity contribution >= 4 is 23.8 Å². The Morgan fingerprint density at radius 1 is 0.900 bits per heavy atom. The van der Waals surface area contributed by atoms with E-state index in [1.807, 2.05) is 112 Å². The summed E-state index contributed by atoms with van der Waals surface area (Å²) in [5, 5.41) is 24.7. The maximum Gasteiger partial charge on any atom is 0.411 e. The standard InChI is InChI=1S/C41H45N3O6/c1-26(43(5)39(49)50-36-32-17-11-9-15-30(32)31-16-10-12-18-33(31)36)37(46)42-29-21-19-27(20-22-29)25-41(40(2,3)4)24-23-34(44(41)38(47)48)35(45)28-13-7-6-8-14-28/h6-22,26,34-36,45H,23-25H2,1-5H3,(H,42,46)(H,47,48)/t26-,34+,35+,41-/m0/s1. The summed E-state index contributed by atoms with van der Waals surface area (Å²) in [5.74, 6) is -0.374. The van der Waals surface area contributed by atoms with Crippen molar-refractivity contribution in [1.82, 2.24) is 9.80 Å². The molecule has 9 nitrogen and oxygen atoms in total. The van der Waals surface area contributed by atoms with Gasteiger partial charge in [0.05, 0.1) is 17.7 Å². The molecule has 4 atom stereocenters. The fourth-order valence-corrected chi connectivity index (χ4v) is 7.67. The lowest BCUT2D eigenvalue weighted by atomic mass is 9.68. The van der Waals surface area contributed by atoms with Crippen LogP contribution in [-0.4, -0.2) is 62.8 Å². The second-order valence-corrected chi connectivity index (χ2v) is 14.5. The van der Waals surface area contributed by atoms with Gasteiger partial charge in [0, 0.05) is 23.9 Å². The summed E-state index contributed by atoms with van der Waals surface area (Å²) in [4.78, 5) is 42.3. The van der Waals surface area contributed by atoms with Gasteiger partial charge >= 0.3 is 12.2 Å². The molecule has 0 bridgehead atoms. The lowest BCUT2D eigenvalue weighted by Gasteiger charge is -2.49. The third-order valence-electron chi connectivity index (χ3n) is 10.7. The minimum atomic E-state index is -1.06. The first-order valence-electron chi connectivity index (χ1n) is 17.1. The highest BCUT2D eigenvalue weighted by Gasteiger charge is 2.57. The first-order chi connectivity index (χ1) is 23.8. The third kappa shape index (κ3) is 6.33. The first kappa shape index (κ1) is 34.7. The normalized spacial score (nSPS) is 19.6. The number of carbonyl (C=O) groups is 3. The number of carboxylic acid groups (broad SMARTS) is 1. The van der Waals surface area contributed by atoms with Gasteiger partial charge in [-0.15, -0.1) is 0 Å². The summed E-state index contributed by atoms with van der Waals surface area (Å²) in [6.45, 7) is 7.78. The number of ether oxygens (including phenoxy) is 1. The van der Waals surface area contributed by atoms with Crippen molar-refractivity contribution in [3.05, 3.63) is 125 Å². The van der Waals surface area contributed by atoms with Crippen molar-refractivity contribution < 1.29 is 29.3 Å². The fraction of sp³-hybridized carbons (Fsp3) is 0.341. The van der Waals surface area contributed by atoms with Gasteiger partial charge in [-0.1, -0.05) is 112 Å². The van der Waals surface area contributed by atoms with E-state index in [0.29, 0.717) is 30.5 Å². The molecule has 4 aromatic rings. The number of rotatable bonds is 8. The monoisotopic (exact) mass is 675 g/mol. The molecule has 260 valence electrons. The Hall–Kier alpha value is -5.15. The van der Waals surface area contributed by atoms with Gasteiger partial charge in [-0.3, -0.25) is 14.6 Å². The van der Waals surface area contributed by atoms with Crippen LogP contribution < -0.4 is 5.32 Å². The SMILES string of the molecule is C[C@@H](C(=O)Nc1ccc(C[C@]2(C(C)(C)C)CC[C@H]([C@H](O)c3ccccc3)N2C(=O)O)cc1)N(C)C(=O)OC1c2ccccc2-c2ccccc21. The number of hydrogen-bond acceptors (Lipinski definition) is 5. The minimum Gasteiger partial charge on any atom is -0.465 e. The lowest BCUT2D eigenvalue weighted by Crippen LogP contribution is -2.59. The van der Waals surface area contributed by atoms with Gasteiger partial charge in [0.15, 0.2) is 6.10 Å². The Labute approximate surface area is 293 Å². The largest absolute Gasteiger partial charge is 0.465 e. The topological polar surface area (TPSA) is 119 Å². The zero-order valence-electron chi connectivity index (χ0n) is 29.2. The molecule has 1 saturated heterocycles. The van der Waals surface area contributed by atoms with Crippen molar-refractivity contribution in [3.8, 4) is 11.1 Å². The smallest absolute Gasteiger partial charge is 0.411 e. The molecule has 6 rings (SSSR count). The number of aliphatic hydroxyl groups excluding tert-OH is 1. The molecule has 4 aromatic carbocycles. The average Bonchev–Trinajstić information content (AvgIpc) is 3.65. The molecular formula is C41H45N3O6. The zero-order chi connectivity index (χ0) is 35.8. The van der Waals surface area contributed by atoms with Crippen LogP contribution in [0.15, 0.2) is 103 Å². The molecule has 0 aromatic heterocycles. The van der Waals surface area contributed by atoms with Crippen LogP contribution in [0.3, 0.4) is 0 Å². The van der Waals surface area contributed by atoms with E-state index < -0.39 is 47.4 Å². The zero-order valence-corrected chi connectivity index (χ0v) is 29.2. The Bertz CT molecular complexity index is 1830. The maximum atomic E-state index is 13.3. The fourth-order valence-electron chi connectivity index (χ4n) is 7.67. The molecule has 2 aliphatic rings. The van der Waals surface area contributed by atoms with E-state index in [2.05, 4.69) is 5.32 Å². The average molecular weight is 676 g/mol. The van der Waals surface area contributed by atoms with Crippen LogP contribution in [-0.2, 0) is 16.0 Å². The maximum absolute atomic E-state index is 13.3. The first-order valence-corrected chi connectivity index (χ1v) is 17.1. The van der Waals surface area contributed by atoms with Crippen molar-refractivity contribution in [2.24, 2.45) is 5.41 Å². The minimum absolute atomic E-state index is 0.374. The van der Waals surface area contributed by atoms with Crippen molar-refractivity contribution in [1.29, 1.82) is 0 Å². The van der Waals surface area contributed by atoms with Crippen LogP contribution in [0, 0.1) is 5.41 Å². The van der Waals surface area contributed by atoms with Gasteiger partial charge in [0.2, 0.25) is 5.91 Å². The Kier molecular flexibility index (Phi) is 9.46. The van der Waals surface area contributed by atoms with Crippen LogP contribution in [0.25, 0.3) is 11.1 Å². The molecule has 1 aliphatic carbocycles. The quantitative estimate of drug-likeness (QED) is 0.174. The highest BCUT2D eigenvalue weighted by atomic mass is 16.6. The summed E-state index contributed by atoms with van der Waals surface area (Å²) < 4.78 is 5.98. The van der Waals surface area contributed by atoms with Crippen LogP contribution >= 0.6 is 0 Å². The number of likely N-dealkylation sites (tertiary alicyclic amines) is 1. The predicted molar refractivity (Wildman–Crippen MR) is 193 cm³/mol. The van der Waals surface area contributed by atoms with E-state index in [9.17, 15) is 24.6 Å². The van der Waals surface area contributed by atoms with Crippen molar-refractivity contribution in [2.75, 3.05) is 12.4 Å². The highest BCUT2D eigenvalue weighted by molar-refractivity contribution is 5.96. The lowest BCUT2D eigenvalue weighted by molar-refractivity contribution is -0.120. The molecule has 3 amide bonds. The highest BCUT2D eigenvalue weighted by Crippen LogP contribution is 2.51. The van der Waals surface area contributed by atoms with Crippen LogP contribution in [0.2, 0.25) is 0 Å². The second kappa shape index (κ2) is 13.6. The van der Waals surface area contributed by atoms with E-state index >= 15 is 0 Å². The van der Waals surface area contributed by atoms with E-state index in [0.717, 1.165) is 27.8 Å². The summed E-state index contributed by atoms with van der Waals surface area (Å²) in [6, 6.07) is 30.8. The molecule has 3 N–H and O–H groups in total. The molecule has 0 unspecified atom stereocenters. The third-order valence-corrected chi connectivity index (χ3v) is 10.7. The van der Waals surface area contributed by atoms with Gasteiger partial charge in [0.25, 0.3) is 0 Å². The summed E-state index contributed by atoms with van der Waals surface area (Å²) in [6.07, 6.45) is -1.62. The van der Waals surface area contributed by atoms with Crippen LogP contribution in [0.5, 0.6) is 0 Å². The van der Waals surface area contributed by atoms with Gasteiger partial charge in [-0.25, -0.2) is 9.59 Å². The van der Waals surface area contributed by atoms with Gasteiger partial charge in [-0.05, 0) is 66.0 Å². The molecule has 0 spiro atoms. The molecular weight excluding hydrogens is 630 g/mol. The summed E-state index contributed by atoms with van der Waals surface area (Å²) >= 11 is 0. The number of amides is 3. The van der Waals surface area contributed by atoms with Crippen LogP contribution in [0.1, 0.15) is 75.0 Å². The predicted octanol–water partition coefficient (Wildman–Crippen LogP) is 8.06. The van der Waals surface area contributed by atoms with E-state index in [1.165, 1.54) is 9.80 Å². The second-order valence-electron chi connectivity index (χ2n) is 14.5. The van der Waals surface area contributed by atoms with Gasteiger partial charge in [-0.2, -0.15) is 0 Å². The molecule has 0 radical (unpaired) electrons. The summed E-state index contributed by atoms with van der Waals surface area (Å²) in [5.41, 5.74) is 4.80. The number of carbonyl (C=O) groups excluding carboxylic acids is 2. The molecule has 1 aliphatic heterocycles. The number of nitrogens with zero attached hydrogens (tertiary/aromatic N) is 2. The Morgan fingerprint density at radius 3 is 2.02 bits per heavy atom. The number of aliphatic hydroxyl groups is 1. The molecule has 0 saturated carbocycles.